The molecule has 0 spiro atoms. The smallest absolute Gasteiger partial charge is 0.325 e. The van der Waals surface area contributed by atoms with Gasteiger partial charge in [0.05, 0.1) is 32.2 Å². The molecule has 0 saturated carbocycles. The van der Waals surface area contributed by atoms with Crippen LogP contribution in [-0.4, -0.2) is 55.4 Å². The molecule has 5 N–H and O–H groups in total. The minimum atomic E-state index is -1.49. The molecule has 0 aliphatic carbocycles. The monoisotopic (exact) mass is 559 g/mol. The molecule has 0 fully saturated rings. The van der Waals surface area contributed by atoms with E-state index < -0.39 is 42.1 Å². The number of ether oxygens (including phenoxy) is 3. The van der Waals surface area contributed by atoms with Gasteiger partial charge in [0.1, 0.15) is 34.8 Å². The highest BCUT2D eigenvalue weighted by molar-refractivity contribution is 7.09. The lowest BCUT2D eigenvalue weighted by Crippen LogP contribution is -2.45. The van der Waals surface area contributed by atoms with E-state index in [1.165, 1.54) is 38.5 Å². The molecule has 0 radical (unpaired) electrons. The van der Waals surface area contributed by atoms with E-state index >= 15 is 0 Å². The molecule has 3 aromatic rings. The number of rotatable bonds is 11. The predicted octanol–water partition coefficient (Wildman–Crippen LogP) is 2.05. The van der Waals surface area contributed by atoms with Gasteiger partial charge in [0.25, 0.3) is 11.8 Å². The quantitative estimate of drug-likeness (QED) is 0.297. The standard InChI is InChI=1S/C25H26FN5O7S/c1-4-38-18(32)12-29-24(34)21(13-5-7-14(26)8-6-13)31(16-11-15(36-2)9-10-17(16)37-3)25(35)22-19(27)20(23(28)33)30-39-22/h5-11,21H,4,12,27H2,1-3H3,(H2,28,33)(H,29,34). The zero-order chi connectivity index (χ0) is 28.7. The number of anilines is 2. The van der Waals surface area contributed by atoms with E-state index in [-0.39, 0.29) is 39.9 Å². The van der Waals surface area contributed by atoms with Crippen LogP contribution in [0.15, 0.2) is 42.5 Å². The van der Waals surface area contributed by atoms with Crippen LogP contribution in [-0.2, 0) is 14.3 Å². The Morgan fingerprint density at radius 1 is 1.10 bits per heavy atom. The first-order chi connectivity index (χ1) is 18.6. The Labute approximate surface area is 226 Å². The lowest BCUT2D eigenvalue weighted by molar-refractivity contribution is -0.143. The molecule has 3 amide bonds. The SMILES string of the molecule is CCOC(=O)CNC(=O)C(c1ccc(F)cc1)N(C(=O)c1snc(C(N)=O)c1N)c1cc(OC)ccc1OC. The second-order valence-electron chi connectivity index (χ2n) is 7.83. The summed E-state index contributed by atoms with van der Waals surface area (Å²) in [5, 5.41) is 2.45. The zero-order valence-electron chi connectivity index (χ0n) is 21.2. The maximum absolute atomic E-state index is 14.1. The molecule has 39 heavy (non-hydrogen) atoms. The number of methoxy groups -OCH3 is 2. The summed E-state index contributed by atoms with van der Waals surface area (Å²) >= 11 is 0.606. The van der Waals surface area contributed by atoms with Crippen molar-refractivity contribution < 1.29 is 37.8 Å². The fourth-order valence-corrected chi connectivity index (χ4v) is 4.36. The summed E-state index contributed by atoms with van der Waals surface area (Å²) in [6, 6.07) is 7.87. The van der Waals surface area contributed by atoms with Crippen LogP contribution in [0.25, 0.3) is 0 Å². The number of aromatic nitrogens is 1. The normalized spacial score (nSPS) is 11.3. The number of primary amides is 1. The van der Waals surface area contributed by atoms with Gasteiger partial charge in [-0.05, 0) is 48.3 Å². The Balaban J connectivity index is 2.26. The van der Waals surface area contributed by atoms with E-state index in [4.69, 9.17) is 25.7 Å². The summed E-state index contributed by atoms with van der Waals surface area (Å²) in [6.45, 7) is 1.20. The lowest BCUT2D eigenvalue weighted by Gasteiger charge is -2.32. The van der Waals surface area contributed by atoms with Gasteiger partial charge in [-0.3, -0.25) is 24.1 Å². The second-order valence-corrected chi connectivity index (χ2v) is 8.60. The number of nitrogens with one attached hydrogen (secondary N) is 1. The van der Waals surface area contributed by atoms with Crippen LogP contribution in [0.1, 0.15) is 38.7 Å². The van der Waals surface area contributed by atoms with Crippen molar-refractivity contribution in [1.29, 1.82) is 0 Å². The first-order valence-corrected chi connectivity index (χ1v) is 12.2. The third-order valence-corrected chi connectivity index (χ3v) is 6.28. The molecule has 206 valence electrons. The number of nitrogen functional groups attached to an aromatic ring is 1. The van der Waals surface area contributed by atoms with E-state index in [2.05, 4.69) is 9.69 Å². The van der Waals surface area contributed by atoms with E-state index in [1.54, 1.807) is 13.0 Å². The van der Waals surface area contributed by atoms with Gasteiger partial charge in [-0.1, -0.05) is 12.1 Å². The van der Waals surface area contributed by atoms with E-state index in [0.717, 1.165) is 17.0 Å². The molecule has 1 unspecified atom stereocenters. The van der Waals surface area contributed by atoms with Crippen LogP contribution in [0.4, 0.5) is 15.8 Å². The predicted molar refractivity (Wildman–Crippen MR) is 140 cm³/mol. The third kappa shape index (κ3) is 6.41. The van der Waals surface area contributed by atoms with Crippen LogP contribution >= 0.6 is 11.5 Å². The van der Waals surface area contributed by atoms with Crippen molar-refractivity contribution in [3.05, 3.63) is 64.4 Å². The van der Waals surface area contributed by atoms with Crippen LogP contribution in [0.5, 0.6) is 11.5 Å². The van der Waals surface area contributed by atoms with E-state index in [0.29, 0.717) is 17.3 Å². The number of carbonyl (C=O) groups is 4. The van der Waals surface area contributed by atoms with Gasteiger partial charge in [0, 0.05) is 6.07 Å². The Morgan fingerprint density at radius 2 is 1.79 bits per heavy atom. The van der Waals surface area contributed by atoms with Crippen LogP contribution in [0.3, 0.4) is 0 Å². The zero-order valence-corrected chi connectivity index (χ0v) is 22.0. The van der Waals surface area contributed by atoms with Crippen molar-refractivity contribution in [2.45, 2.75) is 13.0 Å². The van der Waals surface area contributed by atoms with E-state index in [1.807, 2.05) is 0 Å². The number of halogens is 1. The number of nitrogens with zero attached hydrogens (tertiary/aromatic N) is 2. The molecule has 0 bridgehead atoms. The van der Waals surface area contributed by atoms with Crippen LogP contribution in [0.2, 0.25) is 0 Å². The number of carbonyl (C=O) groups excluding carboxylic acids is 4. The molecule has 2 aromatic carbocycles. The average molecular weight is 560 g/mol. The first-order valence-electron chi connectivity index (χ1n) is 11.4. The Morgan fingerprint density at radius 3 is 2.36 bits per heavy atom. The highest BCUT2D eigenvalue weighted by Gasteiger charge is 2.38. The average Bonchev–Trinajstić information content (AvgIpc) is 3.32. The number of nitrogens with two attached hydrogens (primary N) is 2. The highest BCUT2D eigenvalue weighted by atomic mass is 32.1. The number of benzene rings is 2. The number of amides is 3. The molecule has 3 rings (SSSR count). The van der Waals surface area contributed by atoms with Gasteiger partial charge in [-0.25, -0.2) is 4.39 Å². The minimum Gasteiger partial charge on any atom is -0.497 e. The van der Waals surface area contributed by atoms with Gasteiger partial charge in [-0.15, -0.1) is 0 Å². The summed E-state index contributed by atoms with van der Waals surface area (Å²) in [5.74, 6) is -3.44. The van der Waals surface area contributed by atoms with Crippen molar-refractivity contribution in [1.82, 2.24) is 9.69 Å². The van der Waals surface area contributed by atoms with Gasteiger partial charge < -0.3 is 31.0 Å². The van der Waals surface area contributed by atoms with Crippen molar-refractivity contribution in [2.75, 3.05) is 38.0 Å². The molecule has 1 aromatic heterocycles. The first kappa shape index (κ1) is 28.8. The summed E-state index contributed by atoms with van der Waals surface area (Å²) in [5.41, 5.74) is 11.0. The molecule has 1 heterocycles. The Hall–Kier alpha value is -4.72. The topological polar surface area (TPSA) is 176 Å². The fourth-order valence-electron chi connectivity index (χ4n) is 3.62. The largest absolute Gasteiger partial charge is 0.497 e. The molecule has 1 atom stereocenters. The Bertz CT molecular complexity index is 1380. The van der Waals surface area contributed by atoms with Crippen LogP contribution in [0, 0.1) is 5.82 Å². The highest BCUT2D eigenvalue weighted by Crippen LogP contribution is 2.40. The summed E-state index contributed by atoms with van der Waals surface area (Å²) < 4.78 is 33.4. The van der Waals surface area contributed by atoms with Crippen LogP contribution < -0.4 is 31.2 Å². The fraction of sp³-hybridized carbons (Fsp3) is 0.240. The number of hydrogen-bond acceptors (Lipinski definition) is 10. The van der Waals surface area contributed by atoms with E-state index in [9.17, 15) is 23.6 Å². The van der Waals surface area contributed by atoms with Crippen molar-refractivity contribution in [3.8, 4) is 11.5 Å². The molecular weight excluding hydrogens is 533 g/mol. The lowest BCUT2D eigenvalue weighted by atomic mass is 10.0. The molecule has 0 aliphatic rings. The molecule has 14 heteroatoms. The number of esters is 1. The van der Waals surface area contributed by atoms with Gasteiger partial charge >= 0.3 is 5.97 Å². The second kappa shape index (κ2) is 12.7. The molecule has 0 saturated heterocycles. The third-order valence-electron chi connectivity index (χ3n) is 5.42. The molecular formula is C25H26FN5O7S. The molecule has 12 nitrogen and oxygen atoms in total. The number of hydrogen-bond donors (Lipinski definition) is 3. The maximum Gasteiger partial charge on any atom is 0.325 e. The summed E-state index contributed by atoms with van der Waals surface area (Å²) in [6.07, 6.45) is 0. The van der Waals surface area contributed by atoms with Crippen molar-refractivity contribution >= 4 is 46.6 Å². The van der Waals surface area contributed by atoms with Crippen molar-refractivity contribution in [3.63, 3.8) is 0 Å². The summed E-state index contributed by atoms with van der Waals surface area (Å²) in [7, 11) is 2.76. The molecule has 0 aliphatic heterocycles. The van der Waals surface area contributed by atoms with Gasteiger partial charge in [0.2, 0.25) is 5.91 Å². The summed E-state index contributed by atoms with van der Waals surface area (Å²) in [4.78, 5) is 52.3. The maximum atomic E-state index is 14.1. The minimum absolute atomic E-state index is 0.0656. The Kier molecular flexibility index (Phi) is 9.38. The van der Waals surface area contributed by atoms with Gasteiger partial charge in [-0.2, -0.15) is 4.37 Å². The van der Waals surface area contributed by atoms with Gasteiger partial charge in [0.15, 0.2) is 5.69 Å². The van der Waals surface area contributed by atoms with Crippen molar-refractivity contribution in [2.24, 2.45) is 5.73 Å².